The Labute approximate surface area is 107 Å². The maximum absolute atomic E-state index is 13.1. The van der Waals surface area contributed by atoms with Crippen molar-refractivity contribution in [3.05, 3.63) is 29.8 Å². The number of aliphatic carboxylic acids is 1. The number of pyridine rings is 1. The van der Waals surface area contributed by atoms with Crippen molar-refractivity contribution in [1.82, 2.24) is 15.2 Å². The number of aromatic nitrogens is 1. The van der Waals surface area contributed by atoms with Crippen LogP contribution in [0.4, 0.5) is 9.18 Å². The summed E-state index contributed by atoms with van der Waals surface area (Å²) in [6, 6.07) is 0.231. The maximum atomic E-state index is 13.1. The van der Waals surface area contributed by atoms with E-state index < -0.39 is 35.8 Å². The fraction of sp³-hybridized carbons (Fsp3) is 0.273. The van der Waals surface area contributed by atoms with E-state index in [0.717, 1.165) is 12.3 Å². The Morgan fingerprint density at radius 2 is 2.21 bits per heavy atom. The first-order valence-corrected chi connectivity index (χ1v) is 5.31. The molecule has 1 aliphatic heterocycles. The summed E-state index contributed by atoms with van der Waals surface area (Å²) in [7, 11) is 0. The van der Waals surface area contributed by atoms with Crippen LogP contribution < -0.4 is 5.32 Å². The average Bonchev–Trinajstić information content (AvgIpc) is 2.54. The first-order chi connectivity index (χ1) is 8.84. The van der Waals surface area contributed by atoms with Crippen LogP contribution in [0.1, 0.15) is 12.5 Å². The summed E-state index contributed by atoms with van der Waals surface area (Å²) in [4.78, 5) is 38.5. The number of imide groups is 1. The highest BCUT2D eigenvalue weighted by Crippen LogP contribution is 2.28. The Morgan fingerprint density at radius 1 is 1.53 bits per heavy atom. The van der Waals surface area contributed by atoms with Crippen molar-refractivity contribution in [3.63, 3.8) is 0 Å². The van der Waals surface area contributed by atoms with Crippen LogP contribution in [0.2, 0.25) is 0 Å². The molecule has 1 aromatic heterocycles. The van der Waals surface area contributed by atoms with E-state index in [1.807, 2.05) is 0 Å². The van der Waals surface area contributed by atoms with Gasteiger partial charge in [0.25, 0.3) is 5.91 Å². The third-order valence-electron chi connectivity index (χ3n) is 2.85. The number of rotatable bonds is 3. The minimum atomic E-state index is -1.51. The van der Waals surface area contributed by atoms with Crippen LogP contribution in [0, 0.1) is 5.82 Å². The molecule has 0 bridgehead atoms. The van der Waals surface area contributed by atoms with Crippen LogP contribution >= 0.6 is 0 Å². The zero-order chi connectivity index (χ0) is 14.2. The van der Waals surface area contributed by atoms with Crippen molar-refractivity contribution in [3.8, 4) is 0 Å². The van der Waals surface area contributed by atoms with Crippen LogP contribution in [-0.4, -0.2) is 39.4 Å². The molecule has 7 nitrogen and oxygen atoms in total. The highest BCUT2D eigenvalue weighted by Gasteiger charge is 2.49. The number of carboxylic acids is 1. The lowest BCUT2D eigenvalue weighted by molar-refractivity contribution is -0.142. The van der Waals surface area contributed by atoms with Gasteiger partial charge in [-0.3, -0.25) is 19.5 Å². The van der Waals surface area contributed by atoms with Gasteiger partial charge in [0.15, 0.2) is 0 Å². The van der Waals surface area contributed by atoms with E-state index in [0.29, 0.717) is 4.90 Å². The molecule has 2 heterocycles. The van der Waals surface area contributed by atoms with Crippen molar-refractivity contribution in [2.75, 3.05) is 6.54 Å². The summed E-state index contributed by atoms with van der Waals surface area (Å²) >= 11 is 0. The predicted molar refractivity (Wildman–Crippen MR) is 59.4 cm³/mol. The van der Waals surface area contributed by atoms with Crippen LogP contribution in [0.3, 0.4) is 0 Å². The Bertz CT molecular complexity index is 577. The van der Waals surface area contributed by atoms with E-state index in [2.05, 4.69) is 10.3 Å². The van der Waals surface area contributed by atoms with Gasteiger partial charge in [0.05, 0.1) is 6.20 Å². The number of hydrogen-bond acceptors (Lipinski definition) is 4. The molecule has 1 atom stereocenters. The van der Waals surface area contributed by atoms with Crippen molar-refractivity contribution in [2.24, 2.45) is 0 Å². The molecule has 1 aliphatic rings. The zero-order valence-corrected chi connectivity index (χ0v) is 9.88. The van der Waals surface area contributed by atoms with Gasteiger partial charge in [-0.05, 0) is 13.0 Å². The number of halogens is 1. The van der Waals surface area contributed by atoms with Gasteiger partial charge in [-0.25, -0.2) is 9.18 Å². The lowest BCUT2D eigenvalue weighted by Crippen LogP contribution is -2.41. The molecule has 100 valence electrons. The number of carbonyl (C=O) groups is 3. The van der Waals surface area contributed by atoms with E-state index in [1.165, 1.54) is 13.1 Å². The van der Waals surface area contributed by atoms with Gasteiger partial charge < -0.3 is 10.4 Å². The molecule has 2 N–H and O–H groups in total. The lowest BCUT2D eigenvalue weighted by atomic mass is 9.93. The van der Waals surface area contributed by atoms with Gasteiger partial charge in [0.2, 0.25) is 0 Å². The van der Waals surface area contributed by atoms with Gasteiger partial charge in [-0.2, -0.15) is 0 Å². The van der Waals surface area contributed by atoms with E-state index in [4.69, 9.17) is 5.11 Å². The summed E-state index contributed by atoms with van der Waals surface area (Å²) in [5, 5.41) is 11.0. The number of nitrogens with zero attached hydrogens (tertiary/aromatic N) is 2. The largest absolute Gasteiger partial charge is 0.480 e. The smallest absolute Gasteiger partial charge is 0.325 e. The normalized spacial score (nSPS) is 22.5. The molecule has 0 aliphatic carbocycles. The summed E-state index contributed by atoms with van der Waals surface area (Å²) in [5.41, 5.74) is -1.36. The van der Waals surface area contributed by atoms with Crippen LogP contribution in [0.25, 0.3) is 0 Å². The molecular weight excluding hydrogens is 257 g/mol. The van der Waals surface area contributed by atoms with E-state index in [1.54, 1.807) is 0 Å². The van der Waals surface area contributed by atoms with E-state index in [9.17, 15) is 18.8 Å². The number of nitrogens with one attached hydrogen (secondary N) is 1. The van der Waals surface area contributed by atoms with Crippen LogP contribution in [-0.2, 0) is 15.1 Å². The van der Waals surface area contributed by atoms with Crippen LogP contribution in [0.5, 0.6) is 0 Å². The summed E-state index contributed by atoms with van der Waals surface area (Å²) in [6.07, 6.45) is 2.20. The topological polar surface area (TPSA) is 99.6 Å². The average molecular weight is 267 g/mol. The van der Waals surface area contributed by atoms with Crippen LogP contribution in [0.15, 0.2) is 18.5 Å². The molecule has 0 aromatic carbocycles. The van der Waals surface area contributed by atoms with Gasteiger partial charge in [-0.1, -0.05) is 0 Å². The van der Waals surface area contributed by atoms with Crippen molar-refractivity contribution in [1.29, 1.82) is 0 Å². The van der Waals surface area contributed by atoms with Gasteiger partial charge in [0.1, 0.15) is 17.9 Å². The third-order valence-corrected chi connectivity index (χ3v) is 2.85. The highest BCUT2D eigenvalue weighted by molar-refractivity contribution is 6.08. The Hall–Kier alpha value is -2.51. The Kier molecular flexibility index (Phi) is 2.93. The molecule has 1 unspecified atom stereocenters. The molecule has 1 aromatic rings. The Morgan fingerprint density at radius 3 is 2.79 bits per heavy atom. The summed E-state index contributed by atoms with van der Waals surface area (Å²) < 4.78 is 13.1. The number of urea groups is 1. The molecule has 19 heavy (non-hydrogen) atoms. The van der Waals surface area contributed by atoms with Gasteiger partial charge in [0, 0.05) is 11.8 Å². The predicted octanol–water partition coefficient (Wildman–Crippen LogP) is 0.0723. The number of hydrogen-bond donors (Lipinski definition) is 2. The molecule has 3 amide bonds. The molecule has 2 rings (SSSR count). The monoisotopic (exact) mass is 267 g/mol. The Balaban J connectivity index is 2.38. The summed E-state index contributed by atoms with van der Waals surface area (Å²) in [6.45, 7) is 0.620. The number of carbonyl (C=O) groups excluding carboxylic acids is 2. The molecular formula is C11H10FN3O4. The minimum Gasteiger partial charge on any atom is -0.480 e. The second-order valence-corrected chi connectivity index (χ2v) is 4.23. The fourth-order valence-corrected chi connectivity index (χ4v) is 1.86. The quantitative estimate of drug-likeness (QED) is 0.755. The van der Waals surface area contributed by atoms with E-state index in [-0.39, 0.29) is 5.56 Å². The molecule has 1 fully saturated rings. The molecule has 0 spiro atoms. The first-order valence-electron chi connectivity index (χ1n) is 5.31. The molecule has 0 radical (unpaired) electrons. The minimum absolute atomic E-state index is 0.152. The molecule has 1 saturated heterocycles. The second kappa shape index (κ2) is 4.30. The lowest BCUT2D eigenvalue weighted by Gasteiger charge is -2.21. The number of amides is 3. The van der Waals surface area contributed by atoms with Crippen molar-refractivity contribution >= 4 is 17.9 Å². The molecule has 8 heteroatoms. The second-order valence-electron chi connectivity index (χ2n) is 4.23. The third kappa shape index (κ3) is 2.12. The SMILES string of the molecule is CC1(c2cncc(F)c2)NC(=O)N(CC(=O)O)C1=O. The fourth-order valence-electron chi connectivity index (χ4n) is 1.86. The maximum Gasteiger partial charge on any atom is 0.325 e. The first kappa shape index (κ1) is 12.9. The van der Waals surface area contributed by atoms with Crippen molar-refractivity contribution in [2.45, 2.75) is 12.5 Å². The van der Waals surface area contributed by atoms with E-state index >= 15 is 0 Å². The zero-order valence-electron chi connectivity index (χ0n) is 9.88. The van der Waals surface area contributed by atoms with Crippen molar-refractivity contribution < 1.29 is 23.9 Å². The standard InChI is InChI=1S/C11H10FN3O4/c1-11(6-2-7(12)4-13-3-6)9(18)15(5-8(16)17)10(19)14-11/h2-4H,5H2,1H3,(H,14,19)(H,16,17). The molecule has 0 saturated carbocycles. The highest BCUT2D eigenvalue weighted by atomic mass is 19.1. The van der Waals surface area contributed by atoms with Gasteiger partial charge in [-0.15, -0.1) is 0 Å². The van der Waals surface area contributed by atoms with Gasteiger partial charge >= 0.3 is 12.0 Å². The summed E-state index contributed by atoms with van der Waals surface area (Å²) in [5.74, 6) is -2.73. The number of carboxylic acid groups (broad SMARTS) is 1.